The van der Waals surface area contributed by atoms with Crippen molar-refractivity contribution in [3.8, 4) is 5.69 Å². The monoisotopic (exact) mass is 382 g/mol. The molecular formula is C19H22N6OS. The minimum Gasteiger partial charge on any atom is -0.345 e. The number of aryl methyl sites for hydroxylation is 2. The van der Waals surface area contributed by atoms with Crippen molar-refractivity contribution < 1.29 is 4.79 Å². The van der Waals surface area contributed by atoms with Crippen LogP contribution in [0, 0.1) is 13.8 Å². The molecule has 1 aromatic carbocycles. The Morgan fingerprint density at radius 3 is 2.63 bits per heavy atom. The van der Waals surface area contributed by atoms with E-state index < -0.39 is 0 Å². The number of benzene rings is 1. The molecule has 1 fully saturated rings. The summed E-state index contributed by atoms with van der Waals surface area (Å²) in [6.07, 6.45) is 1.81. The molecule has 4 rings (SSSR count). The van der Waals surface area contributed by atoms with Crippen LogP contribution in [0.5, 0.6) is 0 Å². The van der Waals surface area contributed by atoms with Crippen LogP contribution in [-0.2, 0) is 0 Å². The number of piperazine rings is 1. The van der Waals surface area contributed by atoms with Crippen molar-refractivity contribution in [1.82, 2.24) is 19.7 Å². The number of aromatic nitrogens is 3. The van der Waals surface area contributed by atoms with Gasteiger partial charge in [-0.25, -0.2) is 14.5 Å². The SMILES string of the molecule is Cc1cc(C)n(-c2cccc(NC(=O)N3CCN(c4nccs4)CC3)c2)n1. The molecule has 2 aromatic heterocycles. The maximum absolute atomic E-state index is 12.6. The van der Waals surface area contributed by atoms with Gasteiger partial charge in [0, 0.05) is 49.1 Å². The zero-order valence-corrected chi connectivity index (χ0v) is 16.2. The Morgan fingerprint density at radius 2 is 1.96 bits per heavy atom. The zero-order valence-electron chi connectivity index (χ0n) is 15.4. The van der Waals surface area contributed by atoms with Crippen molar-refractivity contribution in [1.29, 1.82) is 0 Å². The molecule has 27 heavy (non-hydrogen) atoms. The van der Waals surface area contributed by atoms with Gasteiger partial charge in [-0.3, -0.25) is 0 Å². The third-order valence-electron chi connectivity index (χ3n) is 4.61. The van der Waals surface area contributed by atoms with Gasteiger partial charge in [-0.15, -0.1) is 11.3 Å². The summed E-state index contributed by atoms with van der Waals surface area (Å²) in [7, 11) is 0. The van der Waals surface area contributed by atoms with E-state index in [0.717, 1.165) is 41.0 Å². The number of anilines is 2. The van der Waals surface area contributed by atoms with E-state index in [1.54, 1.807) is 11.3 Å². The first-order chi connectivity index (χ1) is 13.1. The molecule has 0 aliphatic carbocycles. The Balaban J connectivity index is 1.40. The lowest BCUT2D eigenvalue weighted by molar-refractivity contribution is 0.208. The number of carbonyl (C=O) groups is 1. The lowest BCUT2D eigenvalue weighted by atomic mass is 10.2. The van der Waals surface area contributed by atoms with Crippen molar-refractivity contribution in [2.45, 2.75) is 13.8 Å². The number of urea groups is 1. The highest BCUT2D eigenvalue weighted by atomic mass is 32.1. The number of thiazole rings is 1. The highest BCUT2D eigenvalue weighted by Gasteiger charge is 2.22. The largest absolute Gasteiger partial charge is 0.345 e. The van der Waals surface area contributed by atoms with Gasteiger partial charge in [0.2, 0.25) is 0 Å². The molecule has 1 saturated heterocycles. The number of nitrogens with zero attached hydrogens (tertiary/aromatic N) is 5. The fraction of sp³-hybridized carbons (Fsp3) is 0.316. The fourth-order valence-corrected chi connectivity index (χ4v) is 3.98. The van der Waals surface area contributed by atoms with Gasteiger partial charge in [-0.1, -0.05) is 6.07 Å². The van der Waals surface area contributed by atoms with Crippen molar-refractivity contribution in [2.75, 3.05) is 36.4 Å². The molecule has 0 atom stereocenters. The molecule has 8 heteroatoms. The predicted octanol–water partition coefficient (Wildman–Crippen LogP) is 3.30. The van der Waals surface area contributed by atoms with Gasteiger partial charge in [0.05, 0.1) is 11.4 Å². The van der Waals surface area contributed by atoms with Crippen LogP contribution in [0.25, 0.3) is 5.69 Å². The van der Waals surface area contributed by atoms with Crippen molar-refractivity contribution >= 4 is 28.2 Å². The van der Waals surface area contributed by atoms with E-state index in [4.69, 9.17) is 0 Å². The van der Waals surface area contributed by atoms with E-state index in [2.05, 4.69) is 20.3 Å². The number of nitrogens with one attached hydrogen (secondary N) is 1. The van der Waals surface area contributed by atoms with Gasteiger partial charge in [0.15, 0.2) is 5.13 Å². The van der Waals surface area contributed by atoms with Gasteiger partial charge < -0.3 is 15.1 Å². The second kappa shape index (κ2) is 7.40. The second-order valence-electron chi connectivity index (χ2n) is 6.61. The molecule has 140 valence electrons. The Bertz CT molecular complexity index is 928. The van der Waals surface area contributed by atoms with Gasteiger partial charge in [-0.05, 0) is 38.1 Å². The van der Waals surface area contributed by atoms with Crippen LogP contribution in [0.2, 0.25) is 0 Å². The summed E-state index contributed by atoms with van der Waals surface area (Å²) in [5.41, 5.74) is 3.74. The van der Waals surface area contributed by atoms with Crippen LogP contribution >= 0.6 is 11.3 Å². The third-order valence-corrected chi connectivity index (χ3v) is 5.44. The number of hydrogen-bond donors (Lipinski definition) is 1. The van der Waals surface area contributed by atoms with Crippen molar-refractivity contribution in [2.24, 2.45) is 0 Å². The predicted molar refractivity (Wildman–Crippen MR) is 108 cm³/mol. The minimum absolute atomic E-state index is 0.0701. The molecule has 7 nitrogen and oxygen atoms in total. The molecule has 1 N–H and O–H groups in total. The molecule has 0 saturated carbocycles. The Morgan fingerprint density at radius 1 is 1.15 bits per heavy atom. The highest BCUT2D eigenvalue weighted by molar-refractivity contribution is 7.13. The summed E-state index contributed by atoms with van der Waals surface area (Å²) in [4.78, 5) is 21.0. The van der Waals surface area contributed by atoms with Crippen molar-refractivity contribution in [3.63, 3.8) is 0 Å². The van der Waals surface area contributed by atoms with Crippen molar-refractivity contribution in [3.05, 3.63) is 53.3 Å². The topological polar surface area (TPSA) is 66.3 Å². The molecule has 0 spiro atoms. The van der Waals surface area contributed by atoms with E-state index >= 15 is 0 Å². The van der Waals surface area contributed by atoms with Crippen LogP contribution < -0.4 is 10.2 Å². The minimum atomic E-state index is -0.0701. The lowest BCUT2D eigenvalue weighted by Crippen LogP contribution is -2.50. The van der Waals surface area contributed by atoms with Gasteiger partial charge in [0.1, 0.15) is 0 Å². The molecule has 3 aromatic rings. The number of amides is 2. The lowest BCUT2D eigenvalue weighted by Gasteiger charge is -2.34. The first kappa shape index (κ1) is 17.5. The summed E-state index contributed by atoms with van der Waals surface area (Å²) < 4.78 is 1.89. The number of rotatable bonds is 3. The molecule has 1 aliphatic heterocycles. The molecule has 0 unspecified atom stereocenters. The average Bonchev–Trinajstić information content (AvgIpc) is 3.32. The summed E-state index contributed by atoms with van der Waals surface area (Å²) in [6, 6.07) is 9.73. The maximum atomic E-state index is 12.6. The number of carbonyl (C=O) groups excluding carboxylic acids is 1. The Kier molecular flexibility index (Phi) is 4.81. The van der Waals surface area contributed by atoms with Crippen LogP contribution in [0.3, 0.4) is 0 Å². The average molecular weight is 382 g/mol. The molecule has 0 bridgehead atoms. The quantitative estimate of drug-likeness (QED) is 0.755. The normalized spacial score (nSPS) is 14.4. The maximum Gasteiger partial charge on any atom is 0.321 e. The summed E-state index contributed by atoms with van der Waals surface area (Å²) in [6.45, 7) is 6.96. The molecular weight excluding hydrogens is 360 g/mol. The standard InChI is InChI=1S/C19H22N6OS/c1-14-12-15(2)25(22-14)17-5-3-4-16(13-17)21-18(26)23-7-9-24(10-8-23)19-20-6-11-27-19/h3-6,11-13H,7-10H2,1-2H3,(H,21,26). The highest BCUT2D eigenvalue weighted by Crippen LogP contribution is 2.20. The fourth-order valence-electron chi connectivity index (χ4n) is 3.28. The van der Waals surface area contributed by atoms with Crippen LogP contribution in [0.15, 0.2) is 41.9 Å². The van der Waals surface area contributed by atoms with E-state index in [-0.39, 0.29) is 6.03 Å². The molecule has 3 heterocycles. The van der Waals surface area contributed by atoms with Crippen LogP contribution in [0.1, 0.15) is 11.4 Å². The van der Waals surface area contributed by atoms with Crippen LogP contribution in [-0.4, -0.2) is 51.9 Å². The molecule has 1 aliphatic rings. The summed E-state index contributed by atoms with van der Waals surface area (Å²) in [5, 5.41) is 10.5. The third kappa shape index (κ3) is 3.80. The summed E-state index contributed by atoms with van der Waals surface area (Å²) in [5.74, 6) is 0. The first-order valence-electron chi connectivity index (χ1n) is 8.94. The van der Waals surface area contributed by atoms with E-state index in [9.17, 15) is 4.79 Å². The van der Waals surface area contributed by atoms with Gasteiger partial charge in [-0.2, -0.15) is 5.10 Å². The first-order valence-corrected chi connectivity index (χ1v) is 9.82. The zero-order chi connectivity index (χ0) is 18.8. The molecule has 2 amide bonds. The van der Waals surface area contributed by atoms with Gasteiger partial charge >= 0.3 is 6.03 Å². The van der Waals surface area contributed by atoms with Gasteiger partial charge in [0.25, 0.3) is 0 Å². The summed E-state index contributed by atoms with van der Waals surface area (Å²) >= 11 is 1.63. The molecule has 0 radical (unpaired) electrons. The van der Waals surface area contributed by atoms with E-state index in [0.29, 0.717) is 13.1 Å². The van der Waals surface area contributed by atoms with Crippen LogP contribution in [0.4, 0.5) is 15.6 Å². The number of hydrogen-bond acceptors (Lipinski definition) is 5. The Labute approximate surface area is 162 Å². The smallest absolute Gasteiger partial charge is 0.321 e. The Hall–Kier alpha value is -2.87. The van der Waals surface area contributed by atoms with E-state index in [1.165, 1.54) is 0 Å². The second-order valence-corrected chi connectivity index (χ2v) is 7.48. The van der Waals surface area contributed by atoms with E-state index in [1.807, 2.05) is 65.3 Å².